The largest absolute Gasteiger partial charge is 0.481 e. The van der Waals surface area contributed by atoms with Crippen molar-refractivity contribution in [1.29, 1.82) is 0 Å². The summed E-state index contributed by atoms with van der Waals surface area (Å²) in [5.41, 5.74) is 1.59. The van der Waals surface area contributed by atoms with Gasteiger partial charge in [-0.05, 0) is 36.8 Å². The number of aryl methyl sites for hydroxylation is 1. The molecule has 4 heteroatoms. The van der Waals surface area contributed by atoms with Gasteiger partial charge in [0.15, 0.2) is 0 Å². The van der Waals surface area contributed by atoms with Gasteiger partial charge in [0.1, 0.15) is 0 Å². The zero-order chi connectivity index (χ0) is 15.6. The van der Waals surface area contributed by atoms with E-state index in [0.717, 1.165) is 37.7 Å². The van der Waals surface area contributed by atoms with Crippen molar-refractivity contribution in [2.24, 2.45) is 5.41 Å². The number of carboxylic acids is 1. The summed E-state index contributed by atoms with van der Waals surface area (Å²) < 4.78 is 0. The summed E-state index contributed by atoms with van der Waals surface area (Å²) >= 11 is 0. The molecule has 3 rings (SSSR count). The van der Waals surface area contributed by atoms with E-state index in [1.54, 1.807) is 0 Å². The van der Waals surface area contributed by atoms with Crippen LogP contribution >= 0.6 is 0 Å². The zero-order valence-corrected chi connectivity index (χ0v) is 12.8. The van der Waals surface area contributed by atoms with Crippen LogP contribution in [-0.2, 0) is 16.0 Å². The van der Waals surface area contributed by atoms with Crippen molar-refractivity contribution >= 4 is 11.9 Å². The number of carbonyl (C=O) groups excluding carboxylic acids is 1. The van der Waals surface area contributed by atoms with Crippen LogP contribution < -0.4 is 5.32 Å². The van der Waals surface area contributed by atoms with Crippen molar-refractivity contribution < 1.29 is 14.7 Å². The van der Waals surface area contributed by atoms with E-state index in [1.807, 2.05) is 18.2 Å². The predicted octanol–water partition coefficient (Wildman–Crippen LogP) is 2.87. The maximum absolute atomic E-state index is 12.5. The summed E-state index contributed by atoms with van der Waals surface area (Å²) in [5, 5.41) is 12.5. The van der Waals surface area contributed by atoms with Gasteiger partial charge in [0.2, 0.25) is 5.91 Å². The Bertz CT molecular complexity index is 575. The third kappa shape index (κ3) is 2.74. The summed E-state index contributed by atoms with van der Waals surface area (Å²) in [7, 11) is 0. The van der Waals surface area contributed by atoms with Crippen LogP contribution in [-0.4, -0.2) is 23.5 Å². The van der Waals surface area contributed by atoms with Crippen LogP contribution in [0.15, 0.2) is 24.3 Å². The normalized spacial score (nSPS) is 22.8. The first-order chi connectivity index (χ1) is 10.6. The number of carboxylic acid groups (broad SMARTS) is 1. The molecule has 1 unspecified atom stereocenters. The number of amides is 1. The van der Waals surface area contributed by atoms with Crippen molar-refractivity contribution in [1.82, 2.24) is 5.32 Å². The molecule has 0 bridgehead atoms. The number of rotatable bonds is 4. The van der Waals surface area contributed by atoms with Crippen molar-refractivity contribution in [2.45, 2.75) is 50.9 Å². The van der Waals surface area contributed by atoms with E-state index in [0.29, 0.717) is 12.8 Å². The fourth-order valence-corrected chi connectivity index (χ4v) is 3.90. The van der Waals surface area contributed by atoms with Crippen LogP contribution in [0.3, 0.4) is 0 Å². The Morgan fingerprint density at radius 3 is 2.64 bits per heavy atom. The third-order valence-electron chi connectivity index (χ3n) is 5.31. The number of hydrogen-bond acceptors (Lipinski definition) is 2. The van der Waals surface area contributed by atoms with E-state index >= 15 is 0 Å². The Morgan fingerprint density at radius 1 is 1.18 bits per heavy atom. The third-order valence-corrected chi connectivity index (χ3v) is 5.31. The molecule has 0 radical (unpaired) electrons. The molecule has 22 heavy (non-hydrogen) atoms. The molecule has 0 heterocycles. The minimum absolute atomic E-state index is 0.0175. The summed E-state index contributed by atoms with van der Waals surface area (Å²) in [4.78, 5) is 24.2. The Balaban J connectivity index is 1.66. The zero-order valence-electron chi connectivity index (χ0n) is 12.8. The highest BCUT2D eigenvalue weighted by Gasteiger charge is 2.40. The molecule has 118 valence electrons. The fraction of sp³-hybridized carbons (Fsp3) is 0.556. The lowest BCUT2D eigenvalue weighted by molar-refractivity contribution is -0.151. The molecule has 0 spiro atoms. The lowest BCUT2D eigenvalue weighted by Crippen LogP contribution is -2.45. The fourth-order valence-electron chi connectivity index (χ4n) is 3.90. The molecule has 1 amide bonds. The predicted molar refractivity (Wildman–Crippen MR) is 83.7 cm³/mol. The molecule has 2 aliphatic carbocycles. The topological polar surface area (TPSA) is 66.4 Å². The highest BCUT2D eigenvalue weighted by molar-refractivity contribution is 5.85. The van der Waals surface area contributed by atoms with Gasteiger partial charge in [-0.1, -0.05) is 43.5 Å². The van der Waals surface area contributed by atoms with Crippen molar-refractivity contribution in [2.75, 3.05) is 6.54 Å². The van der Waals surface area contributed by atoms with Gasteiger partial charge in [-0.2, -0.15) is 0 Å². The van der Waals surface area contributed by atoms with E-state index < -0.39 is 11.4 Å². The molecule has 0 aromatic heterocycles. The Kier molecular flexibility index (Phi) is 4.19. The molecular weight excluding hydrogens is 278 g/mol. The summed E-state index contributed by atoms with van der Waals surface area (Å²) in [6.07, 6.45) is 6.07. The molecule has 1 aromatic rings. The number of fused-ring (bicyclic) bond motifs is 1. The quantitative estimate of drug-likeness (QED) is 0.898. The van der Waals surface area contributed by atoms with E-state index in [-0.39, 0.29) is 18.4 Å². The second kappa shape index (κ2) is 6.11. The molecule has 1 atom stereocenters. The van der Waals surface area contributed by atoms with Gasteiger partial charge < -0.3 is 10.4 Å². The highest BCUT2D eigenvalue weighted by Crippen LogP contribution is 2.37. The van der Waals surface area contributed by atoms with Gasteiger partial charge in [-0.25, -0.2) is 0 Å². The van der Waals surface area contributed by atoms with Crippen LogP contribution in [0.1, 0.15) is 55.6 Å². The first-order valence-corrected chi connectivity index (χ1v) is 8.21. The first kappa shape index (κ1) is 15.1. The average molecular weight is 301 g/mol. The van der Waals surface area contributed by atoms with E-state index in [1.165, 1.54) is 5.56 Å². The Labute approximate surface area is 130 Å². The minimum Gasteiger partial charge on any atom is -0.481 e. The van der Waals surface area contributed by atoms with Gasteiger partial charge in [0.25, 0.3) is 0 Å². The van der Waals surface area contributed by atoms with Crippen LogP contribution in [0, 0.1) is 5.41 Å². The monoisotopic (exact) mass is 301 g/mol. The maximum atomic E-state index is 12.5. The van der Waals surface area contributed by atoms with E-state index in [2.05, 4.69) is 11.4 Å². The average Bonchev–Trinajstić information content (AvgIpc) is 2.97. The Hall–Kier alpha value is -1.84. The number of hydrogen-bond donors (Lipinski definition) is 2. The molecule has 0 aliphatic heterocycles. The van der Waals surface area contributed by atoms with Crippen LogP contribution in [0.4, 0.5) is 0 Å². The minimum atomic E-state index is -0.765. The number of carbonyl (C=O) groups is 2. The van der Waals surface area contributed by atoms with Gasteiger partial charge in [0.05, 0.1) is 11.3 Å². The molecule has 1 aromatic carbocycles. The molecule has 1 saturated carbocycles. The molecule has 4 nitrogen and oxygen atoms in total. The molecule has 1 fully saturated rings. The first-order valence-electron chi connectivity index (χ1n) is 8.21. The second-order valence-electron chi connectivity index (χ2n) is 6.65. The van der Waals surface area contributed by atoms with Crippen LogP contribution in [0.5, 0.6) is 0 Å². The number of aliphatic carboxylic acids is 1. The number of benzene rings is 1. The van der Waals surface area contributed by atoms with Crippen molar-refractivity contribution in [3.63, 3.8) is 0 Å². The van der Waals surface area contributed by atoms with Gasteiger partial charge in [0, 0.05) is 6.54 Å². The van der Waals surface area contributed by atoms with Gasteiger partial charge >= 0.3 is 5.97 Å². The lowest BCUT2D eigenvalue weighted by atomic mass is 9.74. The summed E-state index contributed by atoms with van der Waals surface area (Å²) in [5.74, 6) is -0.902. The number of nitrogens with one attached hydrogen (secondary N) is 1. The molecule has 0 saturated heterocycles. The molecule has 2 N–H and O–H groups in total. The smallest absolute Gasteiger partial charge is 0.311 e. The van der Waals surface area contributed by atoms with E-state index in [9.17, 15) is 14.7 Å². The maximum Gasteiger partial charge on any atom is 0.311 e. The van der Waals surface area contributed by atoms with Gasteiger partial charge in [-0.3, -0.25) is 9.59 Å². The van der Waals surface area contributed by atoms with Crippen LogP contribution in [0.2, 0.25) is 0 Å². The molecular formula is C18H23NO3. The lowest BCUT2D eigenvalue weighted by Gasteiger charge is -2.33. The molecule has 2 aliphatic rings. The van der Waals surface area contributed by atoms with E-state index in [4.69, 9.17) is 0 Å². The Morgan fingerprint density at radius 2 is 1.91 bits per heavy atom. The second-order valence-corrected chi connectivity index (χ2v) is 6.65. The summed E-state index contributed by atoms with van der Waals surface area (Å²) in [6.45, 7) is 0.264. The van der Waals surface area contributed by atoms with Crippen molar-refractivity contribution in [3.8, 4) is 0 Å². The van der Waals surface area contributed by atoms with Gasteiger partial charge in [-0.15, -0.1) is 0 Å². The SMILES string of the molecule is O=C(NCC1(C(=O)O)CCCCC1)C1CCc2ccccc21. The standard InChI is InChI=1S/C18H23NO3/c20-16(15-9-8-13-6-2-3-7-14(13)15)19-12-18(17(21)22)10-4-1-5-11-18/h2-3,6-7,15H,1,4-5,8-12H2,(H,19,20)(H,21,22). The van der Waals surface area contributed by atoms with Crippen molar-refractivity contribution in [3.05, 3.63) is 35.4 Å². The van der Waals surface area contributed by atoms with Crippen LogP contribution in [0.25, 0.3) is 0 Å². The summed E-state index contributed by atoms with van der Waals surface area (Å²) in [6, 6.07) is 8.05. The highest BCUT2D eigenvalue weighted by atomic mass is 16.4.